The Bertz CT molecular complexity index is 717. The summed E-state index contributed by atoms with van der Waals surface area (Å²) in [6.45, 7) is 5.10. The average molecular weight is 389 g/mol. The maximum absolute atomic E-state index is 12.1. The van der Waals surface area contributed by atoms with E-state index in [1.54, 1.807) is 0 Å². The monoisotopic (exact) mass is 388 g/mol. The second kappa shape index (κ2) is 11.5. The maximum atomic E-state index is 12.1. The highest BCUT2D eigenvalue weighted by Crippen LogP contribution is 2.20. The van der Waals surface area contributed by atoms with E-state index in [9.17, 15) is 4.79 Å². The molecular weight excluding hydrogens is 360 g/mol. The highest BCUT2D eigenvalue weighted by Gasteiger charge is 2.05. The van der Waals surface area contributed by atoms with Crippen LogP contribution in [0.1, 0.15) is 44.6 Å². The third kappa shape index (κ3) is 7.92. The lowest BCUT2D eigenvalue weighted by Crippen LogP contribution is -2.22. The van der Waals surface area contributed by atoms with Gasteiger partial charge in [0, 0.05) is 16.4 Å². The first-order chi connectivity index (χ1) is 13.1. The summed E-state index contributed by atoms with van der Waals surface area (Å²) in [4.78, 5) is 12.1. The van der Waals surface area contributed by atoms with E-state index in [0.717, 1.165) is 35.7 Å². The van der Waals surface area contributed by atoms with Gasteiger partial charge in [0.05, 0.1) is 13.2 Å². The van der Waals surface area contributed by atoms with E-state index >= 15 is 0 Å². The van der Waals surface area contributed by atoms with Crippen molar-refractivity contribution in [3.05, 3.63) is 53.1 Å². The number of benzene rings is 2. The fourth-order valence-electron chi connectivity index (χ4n) is 2.70. The van der Waals surface area contributed by atoms with Crippen molar-refractivity contribution in [1.29, 1.82) is 0 Å². The first kappa shape index (κ1) is 21.1. The van der Waals surface area contributed by atoms with Crippen molar-refractivity contribution < 1.29 is 9.53 Å². The Morgan fingerprint density at radius 2 is 1.78 bits per heavy atom. The molecule has 0 unspecified atom stereocenters. The first-order valence-electron chi connectivity index (χ1n) is 9.61. The molecule has 0 aliphatic rings. The number of hydrogen-bond acceptors (Lipinski definition) is 3. The van der Waals surface area contributed by atoms with Crippen LogP contribution >= 0.6 is 11.6 Å². The number of nitrogens with one attached hydrogen (secondary N) is 2. The number of ether oxygens (including phenoxy) is 1. The predicted octanol–water partition coefficient (Wildman–Crippen LogP) is 6.05. The molecule has 0 radical (unpaired) electrons. The largest absolute Gasteiger partial charge is 0.494 e. The zero-order valence-electron chi connectivity index (χ0n) is 16.2. The number of carbonyl (C=O) groups excluding carboxylic acids is 1. The van der Waals surface area contributed by atoms with Crippen molar-refractivity contribution in [2.75, 3.05) is 23.8 Å². The second-order valence-corrected chi connectivity index (χ2v) is 7.08. The Morgan fingerprint density at radius 1 is 1.04 bits per heavy atom. The molecule has 2 aromatic rings. The fraction of sp³-hybridized carbons (Fsp3) is 0.409. The molecule has 2 aromatic carbocycles. The van der Waals surface area contributed by atoms with Gasteiger partial charge in [-0.05, 0) is 55.3 Å². The SMILES string of the molecule is CCCCCCCOc1ccc(NC(=O)CNc2cc(Cl)ccc2C)cc1. The van der Waals surface area contributed by atoms with Crippen molar-refractivity contribution in [2.24, 2.45) is 0 Å². The average Bonchev–Trinajstić information content (AvgIpc) is 2.66. The Balaban J connectivity index is 1.72. The number of hydrogen-bond donors (Lipinski definition) is 2. The van der Waals surface area contributed by atoms with Crippen molar-refractivity contribution in [1.82, 2.24) is 0 Å². The molecule has 0 aliphatic carbocycles. The minimum atomic E-state index is -0.112. The molecule has 5 heteroatoms. The number of halogens is 1. The normalized spacial score (nSPS) is 10.5. The number of aryl methyl sites for hydroxylation is 1. The lowest BCUT2D eigenvalue weighted by molar-refractivity contribution is -0.114. The molecular formula is C22H29ClN2O2. The van der Waals surface area contributed by atoms with Gasteiger partial charge < -0.3 is 15.4 Å². The van der Waals surface area contributed by atoms with Gasteiger partial charge in [-0.15, -0.1) is 0 Å². The quantitative estimate of drug-likeness (QED) is 0.461. The van der Waals surface area contributed by atoms with Crippen LogP contribution in [0, 0.1) is 6.92 Å². The van der Waals surface area contributed by atoms with Crippen LogP contribution in [0.25, 0.3) is 0 Å². The van der Waals surface area contributed by atoms with Gasteiger partial charge in [0.15, 0.2) is 0 Å². The van der Waals surface area contributed by atoms with Gasteiger partial charge in [0.25, 0.3) is 0 Å². The van der Waals surface area contributed by atoms with E-state index < -0.39 is 0 Å². The maximum Gasteiger partial charge on any atom is 0.243 e. The van der Waals surface area contributed by atoms with E-state index in [4.69, 9.17) is 16.3 Å². The number of rotatable bonds is 11. The zero-order chi connectivity index (χ0) is 19.5. The van der Waals surface area contributed by atoms with Crippen LogP contribution < -0.4 is 15.4 Å². The molecule has 2 N–H and O–H groups in total. The van der Waals surface area contributed by atoms with Crippen molar-refractivity contribution in [3.63, 3.8) is 0 Å². The summed E-state index contributed by atoms with van der Waals surface area (Å²) in [5.41, 5.74) is 2.66. The first-order valence-corrected chi connectivity index (χ1v) is 9.99. The van der Waals surface area contributed by atoms with Gasteiger partial charge in [-0.2, -0.15) is 0 Å². The van der Waals surface area contributed by atoms with E-state index in [0.29, 0.717) is 5.02 Å². The summed E-state index contributed by atoms with van der Waals surface area (Å²) < 4.78 is 5.74. The fourth-order valence-corrected chi connectivity index (χ4v) is 2.87. The summed E-state index contributed by atoms with van der Waals surface area (Å²) >= 11 is 5.99. The lowest BCUT2D eigenvalue weighted by atomic mass is 10.2. The van der Waals surface area contributed by atoms with Crippen molar-refractivity contribution in [3.8, 4) is 5.75 Å². The third-order valence-electron chi connectivity index (χ3n) is 4.29. The molecule has 0 aromatic heterocycles. The molecule has 0 bridgehead atoms. The van der Waals surface area contributed by atoms with E-state index in [1.165, 1.54) is 25.7 Å². The molecule has 0 heterocycles. The van der Waals surface area contributed by atoms with E-state index in [1.807, 2.05) is 49.4 Å². The van der Waals surface area contributed by atoms with Gasteiger partial charge >= 0.3 is 0 Å². The summed E-state index contributed by atoms with van der Waals surface area (Å²) in [6, 6.07) is 13.1. The standard InChI is InChI=1S/C22H29ClN2O2/c1-3-4-5-6-7-14-27-20-12-10-19(11-13-20)25-22(26)16-24-21-15-18(23)9-8-17(21)2/h8-13,15,24H,3-7,14,16H2,1-2H3,(H,25,26). The van der Waals surface area contributed by atoms with Gasteiger partial charge in [-0.3, -0.25) is 4.79 Å². The number of unbranched alkanes of at least 4 members (excludes halogenated alkanes) is 4. The topological polar surface area (TPSA) is 50.4 Å². The van der Waals surface area contributed by atoms with E-state index in [-0.39, 0.29) is 12.5 Å². The number of amides is 1. The van der Waals surface area contributed by atoms with Gasteiger partial charge in [0.2, 0.25) is 5.91 Å². The van der Waals surface area contributed by atoms with Crippen LogP contribution in [0.3, 0.4) is 0 Å². The minimum absolute atomic E-state index is 0.112. The molecule has 1 amide bonds. The summed E-state index contributed by atoms with van der Waals surface area (Å²) in [6.07, 6.45) is 6.10. The summed E-state index contributed by atoms with van der Waals surface area (Å²) in [5, 5.41) is 6.63. The van der Waals surface area contributed by atoms with Crippen LogP contribution in [0.15, 0.2) is 42.5 Å². The molecule has 0 fully saturated rings. The van der Waals surface area contributed by atoms with Gasteiger partial charge in [-0.1, -0.05) is 50.3 Å². The Morgan fingerprint density at radius 3 is 2.52 bits per heavy atom. The molecule has 0 spiro atoms. The zero-order valence-corrected chi connectivity index (χ0v) is 16.9. The predicted molar refractivity (Wildman–Crippen MR) is 114 cm³/mol. The molecule has 27 heavy (non-hydrogen) atoms. The van der Waals surface area contributed by atoms with Crippen molar-refractivity contribution >= 4 is 28.9 Å². The molecule has 0 saturated heterocycles. The van der Waals surface area contributed by atoms with E-state index in [2.05, 4.69) is 17.6 Å². The second-order valence-electron chi connectivity index (χ2n) is 6.65. The van der Waals surface area contributed by atoms with Crippen LogP contribution in [-0.4, -0.2) is 19.1 Å². The molecule has 146 valence electrons. The highest BCUT2D eigenvalue weighted by molar-refractivity contribution is 6.30. The highest BCUT2D eigenvalue weighted by atomic mass is 35.5. The van der Waals surface area contributed by atoms with Gasteiger partial charge in [0.1, 0.15) is 5.75 Å². The van der Waals surface area contributed by atoms with Crippen LogP contribution in [-0.2, 0) is 4.79 Å². The molecule has 2 rings (SSSR count). The smallest absolute Gasteiger partial charge is 0.243 e. The molecule has 0 saturated carbocycles. The van der Waals surface area contributed by atoms with Crippen LogP contribution in [0.4, 0.5) is 11.4 Å². The minimum Gasteiger partial charge on any atom is -0.494 e. The summed E-state index contributed by atoms with van der Waals surface area (Å²) in [7, 11) is 0. The molecule has 4 nitrogen and oxygen atoms in total. The van der Waals surface area contributed by atoms with Crippen LogP contribution in [0.5, 0.6) is 5.75 Å². The van der Waals surface area contributed by atoms with Gasteiger partial charge in [-0.25, -0.2) is 0 Å². The number of carbonyl (C=O) groups is 1. The lowest BCUT2D eigenvalue weighted by Gasteiger charge is -2.11. The molecule has 0 aliphatic heterocycles. The Kier molecular flexibility index (Phi) is 8.99. The number of anilines is 2. The van der Waals surface area contributed by atoms with Crippen LogP contribution in [0.2, 0.25) is 5.02 Å². The molecule has 0 atom stereocenters. The third-order valence-corrected chi connectivity index (χ3v) is 4.53. The Labute approximate surface area is 167 Å². The Hall–Kier alpha value is -2.20. The van der Waals surface area contributed by atoms with Crippen molar-refractivity contribution in [2.45, 2.75) is 46.0 Å². The summed E-state index contributed by atoms with van der Waals surface area (Å²) in [5.74, 6) is 0.718.